The molecule has 0 radical (unpaired) electrons. The number of aliphatic hydroxyl groups is 2. The fourth-order valence-corrected chi connectivity index (χ4v) is 5.54. The van der Waals surface area contributed by atoms with Gasteiger partial charge >= 0.3 is 0 Å². The summed E-state index contributed by atoms with van der Waals surface area (Å²) in [5.74, 6) is 1.10. The quantitative estimate of drug-likeness (QED) is 0.296. The lowest BCUT2D eigenvalue weighted by atomic mass is 10.1. The predicted molar refractivity (Wildman–Crippen MR) is 151 cm³/mol. The van der Waals surface area contributed by atoms with E-state index < -0.39 is 12.2 Å². The van der Waals surface area contributed by atoms with E-state index in [0.717, 1.165) is 48.4 Å². The molecular formula is C31H34N4O5. The molecule has 9 heteroatoms. The van der Waals surface area contributed by atoms with Crippen LogP contribution in [0.1, 0.15) is 17.2 Å². The third-order valence-electron chi connectivity index (χ3n) is 7.64. The van der Waals surface area contributed by atoms with E-state index >= 15 is 0 Å². The number of hydrogen-bond acceptors (Lipinski definition) is 8. The molecule has 1 amide bonds. The maximum Gasteiger partial charge on any atom is 0.234 e. The minimum Gasteiger partial charge on any atom is -0.491 e. The van der Waals surface area contributed by atoms with Gasteiger partial charge in [-0.3, -0.25) is 14.6 Å². The first-order valence-corrected chi connectivity index (χ1v) is 13.8. The number of piperazine rings is 1. The number of aromatic nitrogens is 1. The molecule has 0 spiro atoms. The number of ether oxygens (including phenoxy) is 1. The molecule has 0 saturated carbocycles. The second-order valence-corrected chi connectivity index (χ2v) is 10.6. The van der Waals surface area contributed by atoms with E-state index in [9.17, 15) is 15.0 Å². The van der Waals surface area contributed by atoms with Crippen LogP contribution in [0, 0.1) is 0 Å². The molecule has 2 heterocycles. The maximum absolute atomic E-state index is 12.7. The van der Waals surface area contributed by atoms with Crippen molar-refractivity contribution >= 4 is 17.0 Å². The lowest BCUT2D eigenvalue weighted by Gasteiger charge is -2.35. The molecule has 40 heavy (non-hydrogen) atoms. The van der Waals surface area contributed by atoms with Gasteiger partial charge in [-0.05, 0) is 35.4 Å². The molecule has 3 atom stereocenters. The lowest BCUT2D eigenvalue weighted by Crippen LogP contribution is -2.51. The zero-order valence-corrected chi connectivity index (χ0v) is 22.3. The minimum absolute atomic E-state index is 0.0812. The fraction of sp³-hybridized carbons (Fsp3) is 0.355. The summed E-state index contributed by atoms with van der Waals surface area (Å²) in [6.45, 7) is 3.93. The number of oxazole rings is 1. The number of fused-ring (bicyclic) bond motifs is 2. The van der Waals surface area contributed by atoms with Crippen molar-refractivity contribution in [2.24, 2.45) is 0 Å². The van der Waals surface area contributed by atoms with E-state index in [-0.39, 0.29) is 18.6 Å². The lowest BCUT2D eigenvalue weighted by molar-refractivity contribution is -0.124. The van der Waals surface area contributed by atoms with Gasteiger partial charge in [-0.2, -0.15) is 0 Å². The maximum atomic E-state index is 12.7. The van der Waals surface area contributed by atoms with E-state index in [1.165, 1.54) is 0 Å². The van der Waals surface area contributed by atoms with Crippen molar-refractivity contribution in [2.45, 2.75) is 24.7 Å². The summed E-state index contributed by atoms with van der Waals surface area (Å²) in [6.07, 6.45) is -0.675. The molecule has 6 rings (SSSR count). The van der Waals surface area contributed by atoms with E-state index in [2.05, 4.69) is 20.1 Å². The average Bonchev–Trinajstić information content (AvgIpc) is 3.54. The van der Waals surface area contributed by atoms with E-state index in [0.29, 0.717) is 36.7 Å². The molecule has 3 unspecified atom stereocenters. The molecule has 1 saturated heterocycles. The van der Waals surface area contributed by atoms with Crippen LogP contribution in [0.3, 0.4) is 0 Å². The molecule has 9 nitrogen and oxygen atoms in total. The molecule has 1 aliphatic heterocycles. The van der Waals surface area contributed by atoms with Crippen LogP contribution < -0.4 is 10.1 Å². The zero-order valence-electron chi connectivity index (χ0n) is 22.3. The number of carbonyl (C=O) groups is 1. The Morgan fingerprint density at radius 3 is 2.60 bits per heavy atom. The van der Waals surface area contributed by atoms with Crippen LogP contribution in [-0.4, -0.2) is 89.0 Å². The van der Waals surface area contributed by atoms with Crippen molar-refractivity contribution in [3.8, 4) is 17.2 Å². The smallest absolute Gasteiger partial charge is 0.234 e. The number of benzene rings is 3. The Balaban J connectivity index is 0.935. The van der Waals surface area contributed by atoms with E-state index in [1.54, 1.807) is 6.07 Å². The van der Waals surface area contributed by atoms with Crippen LogP contribution in [0.4, 0.5) is 0 Å². The molecule has 2 aliphatic rings. The Labute approximate surface area is 233 Å². The van der Waals surface area contributed by atoms with Crippen molar-refractivity contribution in [3.05, 3.63) is 83.9 Å². The Kier molecular flexibility index (Phi) is 7.79. The molecule has 4 aromatic rings. The Morgan fingerprint density at radius 1 is 1.02 bits per heavy atom. The Hall–Kier alpha value is -3.76. The van der Waals surface area contributed by atoms with Crippen LogP contribution in [-0.2, 0) is 11.2 Å². The van der Waals surface area contributed by atoms with Gasteiger partial charge in [0.1, 0.15) is 24.0 Å². The van der Waals surface area contributed by atoms with Gasteiger partial charge in [0, 0.05) is 50.8 Å². The molecule has 208 valence electrons. The average molecular weight is 543 g/mol. The van der Waals surface area contributed by atoms with Gasteiger partial charge in [0.05, 0.1) is 18.7 Å². The molecule has 3 N–H and O–H groups in total. The number of amides is 1. The van der Waals surface area contributed by atoms with Gasteiger partial charge < -0.3 is 24.7 Å². The number of carbonyl (C=O) groups excluding carboxylic acids is 1. The van der Waals surface area contributed by atoms with Gasteiger partial charge in [-0.25, -0.2) is 4.98 Å². The summed E-state index contributed by atoms with van der Waals surface area (Å²) >= 11 is 0. The van der Waals surface area contributed by atoms with Gasteiger partial charge in [0.2, 0.25) is 11.8 Å². The zero-order chi connectivity index (χ0) is 27.5. The van der Waals surface area contributed by atoms with Crippen LogP contribution in [0.15, 0.2) is 77.2 Å². The highest BCUT2D eigenvalue weighted by molar-refractivity contribution is 5.79. The Morgan fingerprint density at radius 2 is 1.77 bits per heavy atom. The van der Waals surface area contributed by atoms with Crippen LogP contribution in [0.2, 0.25) is 0 Å². The molecule has 3 aromatic carbocycles. The summed E-state index contributed by atoms with van der Waals surface area (Å²) in [6, 6.07) is 22.7. The van der Waals surface area contributed by atoms with Crippen molar-refractivity contribution < 1.29 is 24.2 Å². The number of rotatable bonds is 9. The number of hydrogen-bond donors (Lipinski definition) is 3. The van der Waals surface area contributed by atoms with E-state index in [1.807, 2.05) is 66.7 Å². The summed E-state index contributed by atoms with van der Waals surface area (Å²) in [4.78, 5) is 21.5. The van der Waals surface area contributed by atoms with Crippen molar-refractivity contribution in [2.75, 3.05) is 45.9 Å². The second kappa shape index (κ2) is 11.8. The first-order chi connectivity index (χ1) is 19.5. The molecule has 1 aromatic heterocycles. The van der Waals surface area contributed by atoms with Crippen LogP contribution in [0.25, 0.3) is 22.6 Å². The molecule has 1 aliphatic carbocycles. The highest BCUT2D eigenvalue weighted by Gasteiger charge is 2.32. The standard InChI is InChI=1S/C31H34N4O5/c36-23(20-39-24-10-11-26-28(17-24)40-31(32-26)21-6-2-1-3-7-21)18-34-12-14-35(15-13-34)19-29(38)33-30-25-9-5-4-8-22(25)16-27(30)37/h1-11,17,23,27,30,36-37H,12-16,18-20H2,(H,33,38). The first-order valence-electron chi connectivity index (χ1n) is 13.8. The van der Waals surface area contributed by atoms with Gasteiger partial charge in [0.25, 0.3) is 0 Å². The SMILES string of the molecule is O=C(CN1CCN(CC(O)COc2ccc3nc(-c4ccccc4)oc3c2)CC1)NC1c2ccccc2CC1O. The molecule has 1 fully saturated rings. The molecule has 0 bridgehead atoms. The summed E-state index contributed by atoms with van der Waals surface area (Å²) in [7, 11) is 0. The van der Waals surface area contributed by atoms with Crippen molar-refractivity contribution in [1.29, 1.82) is 0 Å². The normalized spacial score (nSPS) is 20.4. The Bertz CT molecular complexity index is 1450. The number of nitrogens with zero attached hydrogens (tertiary/aromatic N) is 3. The van der Waals surface area contributed by atoms with Gasteiger partial charge in [-0.15, -0.1) is 0 Å². The summed E-state index contributed by atoms with van der Waals surface area (Å²) in [5, 5.41) is 24.0. The highest BCUT2D eigenvalue weighted by atomic mass is 16.5. The first kappa shape index (κ1) is 26.5. The fourth-order valence-electron chi connectivity index (χ4n) is 5.54. The highest BCUT2D eigenvalue weighted by Crippen LogP contribution is 2.31. The number of β-amino-alcohol motifs (C(OH)–C–C–N with tert-alkyl or cyclic N) is 1. The third kappa shape index (κ3) is 6.03. The molecular weight excluding hydrogens is 508 g/mol. The largest absolute Gasteiger partial charge is 0.491 e. The van der Waals surface area contributed by atoms with Crippen molar-refractivity contribution in [3.63, 3.8) is 0 Å². The topological polar surface area (TPSA) is 111 Å². The predicted octanol–water partition coefficient (Wildman–Crippen LogP) is 2.63. The summed E-state index contributed by atoms with van der Waals surface area (Å²) in [5.41, 5.74) is 4.39. The monoisotopic (exact) mass is 542 g/mol. The van der Waals surface area contributed by atoms with Gasteiger partial charge in [-0.1, -0.05) is 42.5 Å². The van der Waals surface area contributed by atoms with Crippen molar-refractivity contribution in [1.82, 2.24) is 20.1 Å². The minimum atomic E-state index is -0.649. The van der Waals surface area contributed by atoms with Gasteiger partial charge in [0.15, 0.2) is 5.58 Å². The number of aliphatic hydroxyl groups excluding tert-OH is 2. The summed E-state index contributed by atoms with van der Waals surface area (Å²) < 4.78 is 11.8. The van der Waals surface area contributed by atoms with Crippen LogP contribution in [0.5, 0.6) is 5.75 Å². The third-order valence-corrected chi connectivity index (χ3v) is 7.64. The number of nitrogens with one attached hydrogen (secondary N) is 1. The van der Waals surface area contributed by atoms with E-state index in [4.69, 9.17) is 9.15 Å². The van der Waals surface area contributed by atoms with Crippen LogP contribution >= 0.6 is 0 Å². The second-order valence-electron chi connectivity index (χ2n) is 10.6.